The van der Waals surface area contributed by atoms with Gasteiger partial charge < -0.3 is 0 Å². The van der Waals surface area contributed by atoms with Gasteiger partial charge in [0.25, 0.3) is 0 Å². The van der Waals surface area contributed by atoms with Crippen LogP contribution in [0.3, 0.4) is 0 Å². The molecular weight excluding hydrogens is 217 g/mol. The molecule has 0 spiro atoms. The zero-order chi connectivity index (χ0) is 12.4. The molecule has 1 aromatic rings. The molecule has 0 unspecified atom stereocenters. The number of alkyl halides is 3. The van der Waals surface area contributed by atoms with Gasteiger partial charge >= 0.3 is 6.18 Å². The third-order valence-electron chi connectivity index (χ3n) is 2.26. The van der Waals surface area contributed by atoms with Crippen LogP contribution in [0.5, 0.6) is 0 Å². The van der Waals surface area contributed by atoms with Gasteiger partial charge in [0, 0.05) is 24.6 Å². The van der Waals surface area contributed by atoms with E-state index in [0.29, 0.717) is 6.54 Å². The molecule has 0 aliphatic carbocycles. The molecule has 0 fully saturated rings. The Morgan fingerprint density at radius 3 is 2.31 bits per heavy atom. The Morgan fingerprint density at radius 2 is 1.88 bits per heavy atom. The van der Waals surface area contributed by atoms with E-state index in [1.165, 1.54) is 0 Å². The number of rotatable bonds is 3. The third-order valence-corrected chi connectivity index (χ3v) is 2.26. The average molecular weight is 234 g/mol. The van der Waals surface area contributed by atoms with Gasteiger partial charge in [0.2, 0.25) is 0 Å². The smallest absolute Gasteiger partial charge is 0.272 e. The van der Waals surface area contributed by atoms with E-state index < -0.39 is 12.6 Å². The first kappa shape index (κ1) is 13.1. The lowest BCUT2D eigenvalue weighted by atomic mass is 9.93. The normalized spacial score (nSPS) is 13.1. The van der Waals surface area contributed by atoms with Gasteiger partial charge in [0.1, 0.15) is 0 Å². The molecule has 0 aliphatic rings. The van der Waals surface area contributed by atoms with Crippen molar-refractivity contribution in [3.05, 3.63) is 18.0 Å². The first-order valence-electron chi connectivity index (χ1n) is 5.29. The number of hydrogen-bond donors (Lipinski definition) is 0. The van der Waals surface area contributed by atoms with Gasteiger partial charge in [-0.3, -0.25) is 4.68 Å². The Bertz CT molecular complexity index is 334. The minimum absolute atomic E-state index is 0.0602. The van der Waals surface area contributed by atoms with Crippen molar-refractivity contribution in [3.8, 4) is 0 Å². The molecule has 0 aliphatic heterocycles. The van der Waals surface area contributed by atoms with E-state index in [2.05, 4.69) is 5.10 Å². The Hall–Kier alpha value is -1.00. The van der Waals surface area contributed by atoms with Crippen molar-refractivity contribution < 1.29 is 13.2 Å². The summed E-state index contributed by atoms with van der Waals surface area (Å²) in [4.78, 5) is 0. The summed E-state index contributed by atoms with van der Waals surface area (Å²) in [5.74, 6) is 0. The largest absolute Gasteiger partial charge is 0.389 e. The van der Waals surface area contributed by atoms with Crippen molar-refractivity contribution in [1.29, 1.82) is 0 Å². The predicted molar refractivity (Wildman–Crippen MR) is 56.2 cm³/mol. The second-order valence-corrected chi connectivity index (χ2v) is 4.93. The summed E-state index contributed by atoms with van der Waals surface area (Å²) in [7, 11) is 0. The molecule has 16 heavy (non-hydrogen) atoms. The Labute approximate surface area is 93.5 Å². The van der Waals surface area contributed by atoms with E-state index in [1.54, 1.807) is 10.9 Å². The lowest BCUT2D eigenvalue weighted by Crippen LogP contribution is -2.13. The van der Waals surface area contributed by atoms with Crippen LogP contribution in [-0.2, 0) is 12.0 Å². The molecule has 0 amide bonds. The van der Waals surface area contributed by atoms with Crippen LogP contribution < -0.4 is 0 Å². The van der Waals surface area contributed by atoms with Crippen molar-refractivity contribution >= 4 is 0 Å². The molecule has 1 heterocycles. The van der Waals surface area contributed by atoms with Crippen molar-refractivity contribution in [2.75, 3.05) is 0 Å². The fourth-order valence-corrected chi connectivity index (χ4v) is 1.33. The monoisotopic (exact) mass is 234 g/mol. The van der Waals surface area contributed by atoms with Crippen molar-refractivity contribution in [1.82, 2.24) is 9.78 Å². The molecule has 92 valence electrons. The van der Waals surface area contributed by atoms with E-state index in [0.717, 1.165) is 5.69 Å². The molecule has 0 N–H and O–H groups in total. The highest BCUT2D eigenvalue weighted by Crippen LogP contribution is 2.22. The molecule has 0 radical (unpaired) electrons. The average Bonchev–Trinajstić information content (AvgIpc) is 2.49. The molecule has 0 saturated heterocycles. The van der Waals surface area contributed by atoms with E-state index in [-0.39, 0.29) is 11.8 Å². The Balaban J connectivity index is 2.48. The summed E-state index contributed by atoms with van der Waals surface area (Å²) >= 11 is 0. The van der Waals surface area contributed by atoms with E-state index in [4.69, 9.17) is 0 Å². The number of aromatic nitrogens is 2. The van der Waals surface area contributed by atoms with Crippen LogP contribution in [0.2, 0.25) is 0 Å². The minimum atomic E-state index is -4.07. The van der Waals surface area contributed by atoms with Gasteiger partial charge in [-0.25, -0.2) is 0 Å². The Kier molecular flexibility index (Phi) is 3.65. The van der Waals surface area contributed by atoms with Crippen LogP contribution in [0.15, 0.2) is 12.3 Å². The molecular formula is C11H17F3N2. The highest BCUT2D eigenvalue weighted by molar-refractivity contribution is 5.10. The SMILES string of the molecule is CC(C)(C)c1ccn(CCCC(F)(F)F)n1. The van der Waals surface area contributed by atoms with E-state index >= 15 is 0 Å². The number of aryl methyl sites for hydroxylation is 1. The third kappa shape index (κ3) is 4.24. The van der Waals surface area contributed by atoms with Gasteiger partial charge in [0.15, 0.2) is 0 Å². The number of hydrogen-bond acceptors (Lipinski definition) is 1. The quantitative estimate of drug-likeness (QED) is 0.782. The first-order chi connectivity index (χ1) is 7.18. The maximum atomic E-state index is 11.9. The summed E-state index contributed by atoms with van der Waals surface area (Å²) in [6.07, 6.45) is -3.01. The van der Waals surface area contributed by atoms with Gasteiger partial charge in [-0.15, -0.1) is 0 Å². The first-order valence-corrected chi connectivity index (χ1v) is 5.29. The maximum absolute atomic E-state index is 11.9. The van der Waals surface area contributed by atoms with Gasteiger partial charge in [-0.1, -0.05) is 20.8 Å². The summed E-state index contributed by atoms with van der Waals surface area (Å²) < 4.78 is 37.3. The van der Waals surface area contributed by atoms with E-state index in [9.17, 15) is 13.2 Å². The molecule has 0 bridgehead atoms. The van der Waals surface area contributed by atoms with Gasteiger partial charge in [-0.2, -0.15) is 18.3 Å². The lowest BCUT2D eigenvalue weighted by Gasteiger charge is -2.14. The Morgan fingerprint density at radius 1 is 1.25 bits per heavy atom. The molecule has 5 heteroatoms. The summed E-state index contributed by atoms with van der Waals surface area (Å²) in [5, 5.41) is 4.25. The summed E-state index contributed by atoms with van der Waals surface area (Å²) in [5.41, 5.74) is 0.842. The molecule has 0 atom stereocenters. The van der Waals surface area contributed by atoms with Crippen molar-refractivity contribution in [2.45, 2.75) is 51.7 Å². The minimum Gasteiger partial charge on any atom is -0.272 e. The van der Waals surface area contributed by atoms with Crippen molar-refractivity contribution in [2.24, 2.45) is 0 Å². The van der Waals surface area contributed by atoms with Crippen LogP contribution in [0.4, 0.5) is 13.2 Å². The highest BCUT2D eigenvalue weighted by Gasteiger charge is 2.26. The van der Waals surface area contributed by atoms with Crippen molar-refractivity contribution in [3.63, 3.8) is 0 Å². The second kappa shape index (κ2) is 4.47. The zero-order valence-corrected chi connectivity index (χ0v) is 9.80. The fraction of sp³-hybridized carbons (Fsp3) is 0.727. The molecule has 0 aromatic carbocycles. The number of halogens is 3. The van der Waals surface area contributed by atoms with Crippen LogP contribution in [0.25, 0.3) is 0 Å². The summed E-state index contributed by atoms with van der Waals surface area (Å²) in [6, 6.07) is 1.85. The van der Waals surface area contributed by atoms with Crippen LogP contribution >= 0.6 is 0 Å². The van der Waals surface area contributed by atoms with Gasteiger partial charge in [0.05, 0.1) is 5.69 Å². The van der Waals surface area contributed by atoms with Crippen LogP contribution in [-0.4, -0.2) is 16.0 Å². The molecule has 1 aromatic heterocycles. The second-order valence-electron chi connectivity index (χ2n) is 4.93. The van der Waals surface area contributed by atoms with Crippen LogP contribution in [0, 0.1) is 0 Å². The zero-order valence-electron chi connectivity index (χ0n) is 9.80. The number of nitrogens with zero attached hydrogens (tertiary/aromatic N) is 2. The molecule has 0 saturated carbocycles. The van der Waals surface area contributed by atoms with E-state index in [1.807, 2.05) is 26.8 Å². The standard InChI is InChI=1S/C11H17F3N2/c1-10(2,3)9-5-8-16(15-9)7-4-6-11(12,13)14/h5,8H,4,6-7H2,1-3H3. The molecule has 1 rings (SSSR count). The molecule has 2 nitrogen and oxygen atoms in total. The van der Waals surface area contributed by atoms with Gasteiger partial charge in [-0.05, 0) is 12.5 Å². The highest BCUT2D eigenvalue weighted by atomic mass is 19.4. The lowest BCUT2D eigenvalue weighted by molar-refractivity contribution is -0.136. The predicted octanol–water partition coefficient (Wildman–Crippen LogP) is 3.52. The maximum Gasteiger partial charge on any atom is 0.389 e. The van der Waals surface area contributed by atoms with Crippen LogP contribution in [0.1, 0.15) is 39.3 Å². The fourth-order valence-electron chi connectivity index (χ4n) is 1.33. The topological polar surface area (TPSA) is 17.8 Å². The summed E-state index contributed by atoms with van der Waals surface area (Å²) in [6.45, 7) is 6.38.